The summed E-state index contributed by atoms with van der Waals surface area (Å²) < 4.78 is 32.5. The maximum Gasteiger partial charge on any atom is 0.335 e. The lowest BCUT2D eigenvalue weighted by Gasteiger charge is -2.25. The molecule has 0 atom stereocenters. The van der Waals surface area contributed by atoms with E-state index in [9.17, 15) is 13.2 Å². The number of rotatable bonds is 7. The number of carboxylic acids is 1. The molecule has 0 radical (unpaired) electrons. The summed E-state index contributed by atoms with van der Waals surface area (Å²) in [6, 6.07) is 3.68. The molecular formula is C14H21NO5S. The predicted octanol–water partition coefficient (Wildman–Crippen LogP) is 2.25. The molecule has 0 aliphatic heterocycles. The Morgan fingerprint density at radius 1 is 1.38 bits per heavy atom. The molecule has 0 saturated heterocycles. The number of benzene rings is 1. The first kappa shape index (κ1) is 17.5. The molecule has 0 amide bonds. The zero-order chi connectivity index (χ0) is 16.3. The van der Waals surface area contributed by atoms with E-state index in [-0.39, 0.29) is 16.2 Å². The number of carboxylic acid groups (broad SMARTS) is 1. The van der Waals surface area contributed by atoms with Crippen molar-refractivity contribution in [2.45, 2.75) is 44.0 Å². The van der Waals surface area contributed by atoms with Gasteiger partial charge in [-0.3, -0.25) is 0 Å². The number of carbonyl (C=O) groups is 1. The summed E-state index contributed by atoms with van der Waals surface area (Å²) in [6.07, 6.45) is 1.52. The summed E-state index contributed by atoms with van der Waals surface area (Å²) in [5.74, 6) is -1.13. The second-order valence-corrected chi connectivity index (χ2v) is 7.06. The molecule has 7 heteroatoms. The molecule has 2 N–H and O–H groups in total. The highest BCUT2D eigenvalue weighted by Crippen LogP contribution is 2.26. The largest absolute Gasteiger partial charge is 0.495 e. The second kappa shape index (κ2) is 6.44. The summed E-state index contributed by atoms with van der Waals surface area (Å²) in [6.45, 7) is 5.57. The first-order valence-electron chi connectivity index (χ1n) is 6.58. The van der Waals surface area contributed by atoms with Gasteiger partial charge in [0.2, 0.25) is 10.0 Å². The van der Waals surface area contributed by atoms with Gasteiger partial charge < -0.3 is 9.84 Å². The maximum absolute atomic E-state index is 12.4. The SMILES string of the molecule is CCCC(C)(C)NS(=O)(=O)c1ccc(C(=O)O)cc1OC. The molecule has 1 rings (SSSR count). The highest BCUT2D eigenvalue weighted by Gasteiger charge is 2.28. The van der Waals surface area contributed by atoms with E-state index in [1.54, 1.807) is 13.8 Å². The average molecular weight is 315 g/mol. The molecular weight excluding hydrogens is 294 g/mol. The normalized spacial score (nSPS) is 12.2. The Balaban J connectivity index is 3.22. The second-order valence-electron chi connectivity index (χ2n) is 5.41. The van der Waals surface area contributed by atoms with Crippen molar-refractivity contribution < 1.29 is 23.1 Å². The fourth-order valence-corrected chi connectivity index (χ4v) is 3.71. The van der Waals surface area contributed by atoms with Crippen molar-refractivity contribution in [3.63, 3.8) is 0 Å². The van der Waals surface area contributed by atoms with Crippen LogP contribution in [0.1, 0.15) is 44.0 Å². The third-order valence-corrected chi connectivity index (χ3v) is 4.72. The van der Waals surface area contributed by atoms with Gasteiger partial charge in [-0.15, -0.1) is 0 Å². The summed E-state index contributed by atoms with van der Waals surface area (Å²) in [5.41, 5.74) is -0.622. The average Bonchev–Trinajstić information content (AvgIpc) is 2.36. The van der Waals surface area contributed by atoms with Crippen LogP contribution in [0, 0.1) is 0 Å². The lowest BCUT2D eigenvalue weighted by molar-refractivity contribution is 0.0696. The fourth-order valence-electron chi connectivity index (χ4n) is 2.12. The van der Waals surface area contributed by atoms with E-state index in [4.69, 9.17) is 9.84 Å². The van der Waals surface area contributed by atoms with Crippen LogP contribution in [0.2, 0.25) is 0 Å². The van der Waals surface area contributed by atoms with Crippen molar-refractivity contribution in [2.75, 3.05) is 7.11 Å². The highest BCUT2D eigenvalue weighted by molar-refractivity contribution is 7.89. The molecule has 1 aromatic carbocycles. The summed E-state index contributed by atoms with van der Waals surface area (Å²) in [5, 5.41) is 8.93. The van der Waals surface area contributed by atoms with E-state index >= 15 is 0 Å². The van der Waals surface area contributed by atoms with Gasteiger partial charge in [-0.2, -0.15) is 0 Å². The molecule has 118 valence electrons. The van der Waals surface area contributed by atoms with Crippen molar-refractivity contribution in [1.82, 2.24) is 4.72 Å². The van der Waals surface area contributed by atoms with Crippen LogP contribution in [-0.4, -0.2) is 32.1 Å². The molecule has 0 heterocycles. The number of nitrogens with one attached hydrogen (secondary N) is 1. The molecule has 0 unspecified atom stereocenters. The Bertz CT molecular complexity index is 622. The van der Waals surface area contributed by atoms with Crippen LogP contribution in [-0.2, 0) is 10.0 Å². The standard InChI is InChI=1S/C14H21NO5S/c1-5-8-14(2,3)15-21(18,19)12-7-6-10(13(16)17)9-11(12)20-4/h6-7,9,15H,5,8H2,1-4H3,(H,16,17). The van der Waals surface area contributed by atoms with Gasteiger partial charge in [0.05, 0.1) is 12.7 Å². The number of methoxy groups -OCH3 is 1. The quantitative estimate of drug-likeness (QED) is 0.805. The third-order valence-electron chi connectivity index (χ3n) is 2.99. The van der Waals surface area contributed by atoms with Crippen molar-refractivity contribution >= 4 is 16.0 Å². The van der Waals surface area contributed by atoms with E-state index < -0.39 is 21.5 Å². The van der Waals surface area contributed by atoms with Crippen LogP contribution in [0.5, 0.6) is 5.75 Å². The minimum Gasteiger partial charge on any atom is -0.495 e. The number of aromatic carboxylic acids is 1. The zero-order valence-electron chi connectivity index (χ0n) is 12.6. The van der Waals surface area contributed by atoms with Gasteiger partial charge in [-0.25, -0.2) is 17.9 Å². The van der Waals surface area contributed by atoms with Crippen LogP contribution in [0.4, 0.5) is 0 Å². The maximum atomic E-state index is 12.4. The monoisotopic (exact) mass is 315 g/mol. The minimum atomic E-state index is -3.79. The van der Waals surface area contributed by atoms with Gasteiger partial charge in [0, 0.05) is 5.54 Å². The lowest BCUT2D eigenvalue weighted by Crippen LogP contribution is -2.43. The van der Waals surface area contributed by atoms with Gasteiger partial charge in [-0.05, 0) is 38.5 Å². The minimum absolute atomic E-state index is 0.00898. The lowest BCUT2D eigenvalue weighted by atomic mass is 10.0. The Hall–Kier alpha value is -1.60. The van der Waals surface area contributed by atoms with Crippen LogP contribution < -0.4 is 9.46 Å². The molecule has 0 aromatic heterocycles. The molecule has 21 heavy (non-hydrogen) atoms. The van der Waals surface area contributed by atoms with E-state index in [0.29, 0.717) is 6.42 Å². The van der Waals surface area contributed by atoms with Crippen molar-refractivity contribution in [1.29, 1.82) is 0 Å². The molecule has 1 aromatic rings. The first-order valence-corrected chi connectivity index (χ1v) is 8.06. The van der Waals surface area contributed by atoms with Gasteiger partial charge in [-0.1, -0.05) is 13.3 Å². The Kier molecular flexibility index (Phi) is 5.36. The molecule has 0 saturated carbocycles. The van der Waals surface area contributed by atoms with Crippen LogP contribution in [0.3, 0.4) is 0 Å². The zero-order valence-corrected chi connectivity index (χ0v) is 13.5. The summed E-state index contributed by atoms with van der Waals surface area (Å²) in [4.78, 5) is 10.9. The van der Waals surface area contributed by atoms with Crippen LogP contribution >= 0.6 is 0 Å². The molecule has 0 bridgehead atoms. The fraction of sp³-hybridized carbons (Fsp3) is 0.500. The first-order chi connectivity index (χ1) is 9.63. The third kappa shape index (κ3) is 4.44. The molecule has 6 nitrogen and oxygen atoms in total. The molecule has 0 spiro atoms. The molecule has 0 aliphatic rings. The molecule has 0 aliphatic carbocycles. The summed E-state index contributed by atoms with van der Waals surface area (Å²) in [7, 11) is -2.49. The van der Waals surface area contributed by atoms with Gasteiger partial charge >= 0.3 is 5.97 Å². The smallest absolute Gasteiger partial charge is 0.335 e. The van der Waals surface area contributed by atoms with E-state index in [2.05, 4.69) is 4.72 Å². The Morgan fingerprint density at radius 2 is 2.00 bits per heavy atom. The van der Waals surface area contributed by atoms with Crippen molar-refractivity contribution in [2.24, 2.45) is 0 Å². The van der Waals surface area contributed by atoms with Crippen LogP contribution in [0.25, 0.3) is 0 Å². The van der Waals surface area contributed by atoms with Gasteiger partial charge in [0.1, 0.15) is 10.6 Å². The van der Waals surface area contributed by atoms with Gasteiger partial charge in [0.25, 0.3) is 0 Å². The summed E-state index contributed by atoms with van der Waals surface area (Å²) >= 11 is 0. The van der Waals surface area contributed by atoms with Crippen molar-refractivity contribution in [3.05, 3.63) is 23.8 Å². The molecule has 0 fully saturated rings. The predicted molar refractivity (Wildman–Crippen MR) is 79.3 cm³/mol. The topological polar surface area (TPSA) is 92.7 Å². The number of ether oxygens (including phenoxy) is 1. The van der Waals surface area contributed by atoms with E-state index in [1.807, 2.05) is 6.92 Å². The number of hydrogen-bond acceptors (Lipinski definition) is 4. The van der Waals surface area contributed by atoms with E-state index in [1.165, 1.54) is 25.3 Å². The highest BCUT2D eigenvalue weighted by atomic mass is 32.2. The Labute approximate surface area is 125 Å². The van der Waals surface area contributed by atoms with Crippen molar-refractivity contribution in [3.8, 4) is 5.75 Å². The van der Waals surface area contributed by atoms with Gasteiger partial charge in [0.15, 0.2) is 0 Å². The van der Waals surface area contributed by atoms with Crippen LogP contribution in [0.15, 0.2) is 23.1 Å². The van der Waals surface area contributed by atoms with E-state index in [0.717, 1.165) is 6.42 Å². The number of hydrogen-bond donors (Lipinski definition) is 2. The number of sulfonamides is 1. The Morgan fingerprint density at radius 3 is 2.48 bits per heavy atom.